The first-order valence-electron chi connectivity index (χ1n) is 4.94. The lowest BCUT2D eigenvalue weighted by Crippen LogP contribution is -2.59. The molecule has 14 heavy (non-hydrogen) atoms. The smallest absolute Gasteiger partial charge is 0.328 e. The Hall–Kier alpha value is -0.290. The molecule has 1 spiro atoms. The summed E-state index contributed by atoms with van der Waals surface area (Å²) in [5, 5.41) is 2.53. The summed E-state index contributed by atoms with van der Waals surface area (Å²) in [6, 6.07) is 0.350. The van der Waals surface area contributed by atoms with Gasteiger partial charge < -0.3 is 11.1 Å². The van der Waals surface area contributed by atoms with Crippen LogP contribution in [0.5, 0.6) is 0 Å². The van der Waals surface area contributed by atoms with Gasteiger partial charge in [-0.05, 0) is 31.1 Å². The molecule has 2 aliphatic rings. The number of hydrogen-bond acceptors (Lipinski definition) is 2. The summed E-state index contributed by atoms with van der Waals surface area (Å²) < 4.78 is 35.5. The summed E-state index contributed by atoms with van der Waals surface area (Å²) in [7, 11) is 0. The Balaban J connectivity index is 1.64. The van der Waals surface area contributed by atoms with Crippen molar-refractivity contribution in [2.24, 2.45) is 11.1 Å². The molecule has 82 valence electrons. The van der Waals surface area contributed by atoms with Crippen molar-refractivity contribution in [2.45, 2.75) is 43.9 Å². The first kappa shape index (κ1) is 10.2. The van der Waals surface area contributed by atoms with Gasteiger partial charge in [-0.3, -0.25) is 0 Å². The summed E-state index contributed by atoms with van der Waals surface area (Å²) in [5.41, 5.74) is 5.96. The van der Waals surface area contributed by atoms with E-state index in [9.17, 15) is 13.2 Å². The molecule has 2 aliphatic carbocycles. The van der Waals surface area contributed by atoms with Gasteiger partial charge in [0.2, 0.25) is 0 Å². The second-order valence-electron chi connectivity index (χ2n) is 4.77. The average Bonchev–Trinajstić information content (AvgIpc) is 1.89. The van der Waals surface area contributed by atoms with E-state index in [1.54, 1.807) is 0 Å². The maximum atomic E-state index is 11.8. The van der Waals surface area contributed by atoms with Crippen LogP contribution < -0.4 is 11.1 Å². The molecule has 2 nitrogen and oxygen atoms in total. The van der Waals surface area contributed by atoms with Crippen LogP contribution >= 0.6 is 0 Å². The highest BCUT2D eigenvalue weighted by Crippen LogP contribution is 2.55. The predicted octanol–water partition coefficient (Wildman–Crippen LogP) is 1.41. The first-order valence-corrected chi connectivity index (χ1v) is 4.94. The molecule has 0 saturated heterocycles. The maximum Gasteiger partial charge on any atom is 0.401 e. The lowest BCUT2D eigenvalue weighted by molar-refractivity contribution is -0.132. The zero-order valence-electron chi connectivity index (χ0n) is 7.90. The van der Waals surface area contributed by atoms with E-state index in [2.05, 4.69) is 5.32 Å². The largest absolute Gasteiger partial charge is 0.401 e. The third-order valence-corrected chi connectivity index (χ3v) is 3.34. The molecule has 0 atom stereocenters. The number of nitrogens with one attached hydrogen (secondary N) is 1. The van der Waals surface area contributed by atoms with Crippen LogP contribution in [0.15, 0.2) is 0 Å². The van der Waals surface area contributed by atoms with Gasteiger partial charge in [0.25, 0.3) is 0 Å². The van der Waals surface area contributed by atoms with Gasteiger partial charge in [0, 0.05) is 12.1 Å². The number of alkyl halides is 3. The van der Waals surface area contributed by atoms with Crippen LogP contribution in [0, 0.1) is 5.41 Å². The Morgan fingerprint density at radius 1 is 1.21 bits per heavy atom. The van der Waals surface area contributed by atoms with E-state index in [0.717, 1.165) is 25.7 Å². The Kier molecular flexibility index (Phi) is 2.27. The highest BCUT2D eigenvalue weighted by molar-refractivity contribution is 5.07. The molecule has 0 amide bonds. The van der Waals surface area contributed by atoms with Crippen LogP contribution in [0.3, 0.4) is 0 Å². The topological polar surface area (TPSA) is 38.0 Å². The Bertz CT molecular complexity index is 213. The van der Waals surface area contributed by atoms with Crippen molar-refractivity contribution in [3.05, 3.63) is 0 Å². The minimum atomic E-state index is -4.08. The molecule has 2 rings (SSSR count). The van der Waals surface area contributed by atoms with E-state index in [1.807, 2.05) is 0 Å². The summed E-state index contributed by atoms with van der Waals surface area (Å²) in [6.45, 7) is -0.861. The van der Waals surface area contributed by atoms with Gasteiger partial charge in [-0.2, -0.15) is 13.2 Å². The van der Waals surface area contributed by atoms with E-state index in [4.69, 9.17) is 5.73 Å². The van der Waals surface area contributed by atoms with Gasteiger partial charge >= 0.3 is 6.18 Å². The summed E-state index contributed by atoms with van der Waals surface area (Å²) >= 11 is 0. The first-order chi connectivity index (χ1) is 6.39. The molecule has 0 aromatic heterocycles. The van der Waals surface area contributed by atoms with Gasteiger partial charge in [0.15, 0.2) is 0 Å². The van der Waals surface area contributed by atoms with Crippen molar-refractivity contribution in [1.82, 2.24) is 5.32 Å². The molecule has 0 unspecified atom stereocenters. The minimum Gasteiger partial charge on any atom is -0.328 e. The third-order valence-electron chi connectivity index (χ3n) is 3.34. The van der Waals surface area contributed by atoms with E-state index in [-0.39, 0.29) is 6.04 Å². The molecule has 3 N–H and O–H groups in total. The zero-order chi connectivity index (χ0) is 10.4. The third kappa shape index (κ3) is 2.03. The molecular formula is C9H15F3N2. The molecule has 2 fully saturated rings. The summed E-state index contributed by atoms with van der Waals surface area (Å²) in [4.78, 5) is 0. The molecule has 0 bridgehead atoms. The fourth-order valence-electron chi connectivity index (χ4n) is 2.78. The molecule has 0 aromatic rings. The standard InChI is InChI=1S/C9H15F3N2/c10-9(11,12)5-14-7-3-8(4-7)1-6(13)2-8/h6-7,14H,1-5,13H2. The molecule has 5 heteroatoms. The SMILES string of the molecule is NC1CC2(C1)CC(NCC(F)(F)F)C2. The minimum absolute atomic E-state index is 0.0594. The maximum absolute atomic E-state index is 11.8. The van der Waals surface area contributed by atoms with Crippen LogP contribution in [0.1, 0.15) is 25.7 Å². The molecule has 2 saturated carbocycles. The highest BCUT2D eigenvalue weighted by Gasteiger charge is 2.51. The van der Waals surface area contributed by atoms with Crippen LogP contribution in [-0.2, 0) is 0 Å². The second kappa shape index (κ2) is 3.10. The van der Waals surface area contributed by atoms with Crippen LogP contribution in [-0.4, -0.2) is 24.8 Å². The van der Waals surface area contributed by atoms with E-state index >= 15 is 0 Å². The van der Waals surface area contributed by atoms with Crippen molar-refractivity contribution in [3.63, 3.8) is 0 Å². The van der Waals surface area contributed by atoms with Gasteiger partial charge in [0.05, 0.1) is 6.54 Å². The molecule has 0 radical (unpaired) electrons. The van der Waals surface area contributed by atoms with E-state index in [0.29, 0.717) is 11.5 Å². The molecule has 0 aromatic carbocycles. The Morgan fingerprint density at radius 2 is 1.79 bits per heavy atom. The number of hydrogen-bond donors (Lipinski definition) is 2. The van der Waals surface area contributed by atoms with Gasteiger partial charge in [0.1, 0.15) is 0 Å². The fourth-order valence-corrected chi connectivity index (χ4v) is 2.78. The number of rotatable bonds is 2. The normalized spacial score (nSPS) is 42.0. The van der Waals surface area contributed by atoms with Gasteiger partial charge in [-0.25, -0.2) is 0 Å². The summed E-state index contributed by atoms with van der Waals surface area (Å²) in [5.74, 6) is 0. The molecular weight excluding hydrogens is 193 g/mol. The highest BCUT2D eigenvalue weighted by atomic mass is 19.4. The quantitative estimate of drug-likeness (QED) is 0.720. The molecule has 0 aliphatic heterocycles. The lowest BCUT2D eigenvalue weighted by Gasteiger charge is -2.57. The van der Waals surface area contributed by atoms with E-state index < -0.39 is 12.7 Å². The fraction of sp³-hybridized carbons (Fsp3) is 1.00. The number of halogens is 3. The Labute approximate surface area is 81.0 Å². The van der Waals surface area contributed by atoms with Crippen molar-refractivity contribution in [2.75, 3.05) is 6.54 Å². The van der Waals surface area contributed by atoms with E-state index in [1.165, 1.54) is 0 Å². The van der Waals surface area contributed by atoms with Crippen molar-refractivity contribution >= 4 is 0 Å². The Morgan fingerprint density at radius 3 is 2.21 bits per heavy atom. The predicted molar refractivity (Wildman–Crippen MR) is 46.7 cm³/mol. The van der Waals surface area contributed by atoms with Gasteiger partial charge in [-0.15, -0.1) is 0 Å². The molecule has 0 heterocycles. The van der Waals surface area contributed by atoms with Crippen molar-refractivity contribution in [1.29, 1.82) is 0 Å². The van der Waals surface area contributed by atoms with Crippen molar-refractivity contribution in [3.8, 4) is 0 Å². The van der Waals surface area contributed by atoms with Crippen LogP contribution in [0.2, 0.25) is 0 Å². The monoisotopic (exact) mass is 208 g/mol. The van der Waals surface area contributed by atoms with Crippen LogP contribution in [0.4, 0.5) is 13.2 Å². The summed E-state index contributed by atoms with van der Waals surface area (Å²) in [6.07, 6.45) is -0.347. The van der Waals surface area contributed by atoms with Crippen LogP contribution in [0.25, 0.3) is 0 Å². The lowest BCUT2D eigenvalue weighted by atomic mass is 9.52. The second-order valence-corrected chi connectivity index (χ2v) is 4.77. The average molecular weight is 208 g/mol. The zero-order valence-corrected chi connectivity index (χ0v) is 7.90. The van der Waals surface area contributed by atoms with Crippen molar-refractivity contribution < 1.29 is 13.2 Å². The van der Waals surface area contributed by atoms with Gasteiger partial charge in [-0.1, -0.05) is 0 Å². The number of nitrogens with two attached hydrogens (primary N) is 1.